The molecule has 0 radical (unpaired) electrons. The lowest BCUT2D eigenvalue weighted by atomic mass is 10.0. The van der Waals surface area contributed by atoms with E-state index in [0.29, 0.717) is 19.0 Å². The molecule has 0 spiro atoms. The molecule has 10 nitrogen and oxygen atoms in total. The summed E-state index contributed by atoms with van der Waals surface area (Å²) in [6.45, 7) is 10.3. The lowest BCUT2D eigenvalue weighted by Crippen LogP contribution is -2.58. The quantitative estimate of drug-likeness (QED) is 0.0807. The Morgan fingerprint density at radius 2 is 1.75 bits per heavy atom. The van der Waals surface area contributed by atoms with Gasteiger partial charge in [-0.05, 0) is 37.3 Å². The highest BCUT2D eigenvalue weighted by molar-refractivity contribution is 7.45. The second-order valence-corrected chi connectivity index (χ2v) is 20.6. The zero-order valence-electron chi connectivity index (χ0n) is 31.0. The molecule has 2 aromatic carbocycles. The van der Waals surface area contributed by atoms with Crippen molar-refractivity contribution < 1.29 is 18.6 Å². The van der Waals surface area contributed by atoms with Gasteiger partial charge in [0, 0.05) is 37.8 Å². The van der Waals surface area contributed by atoms with E-state index in [-0.39, 0.29) is 35.7 Å². The van der Waals surface area contributed by atoms with Gasteiger partial charge in [-0.1, -0.05) is 124 Å². The van der Waals surface area contributed by atoms with Gasteiger partial charge in [-0.15, -0.1) is 0 Å². The number of aromatic amines is 1. The summed E-state index contributed by atoms with van der Waals surface area (Å²) in [6.07, 6.45) is 11.3. The summed E-state index contributed by atoms with van der Waals surface area (Å²) in [5.74, 6) is -0.154. The minimum atomic E-state index is -2.15. The second-order valence-electron chi connectivity index (χ2n) is 15.0. The molecule has 3 aliphatic rings. The van der Waals surface area contributed by atoms with Crippen LogP contribution in [0.4, 0.5) is 0 Å². The molecule has 0 bridgehead atoms. The van der Waals surface area contributed by atoms with Crippen molar-refractivity contribution in [1.82, 2.24) is 19.5 Å². The normalized spacial score (nSPS) is 24.9. The van der Waals surface area contributed by atoms with Crippen molar-refractivity contribution in [2.45, 2.75) is 115 Å². The predicted molar refractivity (Wildman–Crippen MR) is 210 cm³/mol. The Hall–Kier alpha value is -3.18. The Kier molecular flexibility index (Phi) is 13.2. The maximum absolute atomic E-state index is 13.1. The predicted octanol–water partition coefficient (Wildman–Crippen LogP) is 5.95. The number of nitrogens with zero attached hydrogens (tertiary/aromatic N) is 2. The zero-order chi connectivity index (χ0) is 36.7. The number of hydrogen-bond acceptors (Lipinski definition) is 7. The molecule has 0 unspecified atom stereocenters. The molecule has 3 fully saturated rings. The molecule has 0 saturated carbocycles. The average molecular weight is 747 g/mol. The van der Waals surface area contributed by atoms with E-state index < -0.39 is 34.1 Å². The first-order chi connectivity index (χ1) is 25.2. The number of benzene rings is 2. The third-order valence-corrected chi connectivity index (χ3v) is 17.1. The van der Waals surface area contributed by atoms with E-state index in [1.807, 2.05) is 0 Å². The largest absolute Gasteiger partial charge is 0.353 e. The fourth-order valence-electron chi connectivity index (χ4n) is 7.92. The summed E-state index contributed by atoms with van der Waals surface area (Å²) in [7, 11) is -3.48. The number of fused-ring (bicyclic) bond motifs is 1. The van der Waals surface area contributed by atoms with Crippen LogP contribution >= 0.6 is 8.53 Å². The molecule has 2 N–H and O–H groups in total. The number of hydrogen-bond donors (Lipinski definition) is 2. The zero-order valence-corrected chi connectivity index (χ0v) is 32.9. The van der Waals surface area contributed by atoms with Crippen LogP contribution in [0.15, 0.2) is 82.5 Å². The number of carbonyl (C=O) groups excluding carboxylic acids is 1. The minimum absolute atomic E-state index is 0.0516. The minimum Gasteiger partial charge on any atom is -0.353 e. The molecule has 12 heteroatoms. The maximum atomic E-state index is 13.1. The number of ether oxygens (including phenoxy) is 1. The van der Waals surface area contributed by atoms with Crippen molar-refractivity contribution in [3.8, 4) is 0 Å². The van der Waals surface area contributed by atoms with Crippen LogP contribution in [0.1, 0.15) is 83.9 Å². The highest BCUT2D eigenvalue weighted by Gasteiger charge is 2.52. The Bertz CT molecular complexity index is 1730. The van der Waals surface area contributed by atoms with Crippen molar-refractivity contribution in [1.29, 1.82) is 0 Å². The summed E-state index contributed by atoms with van der Waals surface area (Å²) in [5.41, 5.74) is -0.894. The molecule has 1 amide bonds. The van der Waals surface area contributed by atoms with Crippen molar-refractivity contribution in [2.24, 2.45) is 5.92 Å². The highest BCUT2D eigenvalue weighted by Crippen LogP contribution is 2.59. The van der Waals surface area contributed by atoms with Crippen LogP contribution in [0, 0.1) is 5.92 Å². The van der Waals surface area contributed by atoms with Gasteiger partial charge in [0.1, 0.15) is 14.3 Å². The third-order valence-electron chi connectivity index (χ3n) is 10.9. The summed E-state index contributed by atoms with van der Waals surface area (Å²) < 4.78 is 24.2. The van der Waals surface area contributed by atoms with Crippen molar-refractivity contribution in [3.05, 3.63) is 99.3 Å². The van der Waals surface area contributed by atoms with Crippen LogP contribution in [-0.2, 0) is 18.6 Å². The van der Waals surface area contributed by atoms with Gasteiger partial charge in [-0.3, -0.25) is 19.1 Å². The molecule has 52 heavy (non-hydrogen) atoms. The Balaban J connectivity index is 1.15. The standard InChI is InChI=1S/C40H55N4O6PSi/c1-5-6-7-8-15-24-41-36(45)23-22-30-27-43(40(47)42-39(30)46)37-26-34(38(48-37)29(2)3)49-51-44-25-16-21-33(44)35(50-51)28-52(4,31-17-11-9-12-18-31)32-19-13-10-14-20-32/h9-14,17-20,22-23,27,29,33-35,37-38H,5-8,15-16,21,24-26,28H2,1-4H3,(H,41,45)(H,42,46,47)/b23-22+/t33-,34-,35+,37-,38-,51-/m1/s1. The van der Waals surface area contributed by atoms with Gasteiger partial charge in [-0.2, -0.15) is 0 Å². The van der Waals surface area contributed by atoms with Crippen LogP contribution < -0.4 is 26.9 Å². The fraction of sp³-hybridized carbons (Fsp3) is 0.525. The van der Waals surface area contributed by atoms with Gasteiger partial charge in [-0.25, -0.2) is 9.46 Å². The first kappa shape index (κ1) is 38.5. The van der Waals surface area contributed by atoms with E-state index >= 15 is 0 Å². The van der Waals surface area contributed by atoms with E-state index in [1.54, 1.807) is 0 Å². The number of amides is 1. The summed E-state index contributed by atoms with van der Waals surface area (Å²) in [4.78, 5) is 40.7. The van der Waals surface area contributed by atoms with E-state index in [2.05, 4.69) is 103 Å². The average Bonchev–Trinajstić information content (AvgIpc) is 3.88. The molecular weight excluding hydrogens is 692 g/mol. The summed E-state index contributed by atoms with van der Waals surface area (Å²) in [5, 5.41) is 5.68. The first-order valence-electron chi connectivity index (χ1n) is 19.2. The van der Waals surface area contributed by atoms with Crippen molar-refractivity contribution in [3.63, 3.8) is 0 Å². The van der Waals surface area contributed by atoms with E-state index in [4.69, 9.17) is 13.8 Å². The summed E-state index contributed by atoms with van der Waals surface area (Å²) >= 11 is 0. The number of nitrogens with one attached hydrogen (secondary N) is 2. The Labute approximate surface area is 309 Å². The third kappa shape index (κ3) is 8.95. The van der Waals surface area contributed by atoms with Gasteiger partial charge in [0.2, 0.25) is 5.91 Å². The lowest BCUT2D eigenvalue weighted by Gasteiger charge is -2.32. The molecule has 3 aromatic rings. The Morgan fingerprint density at radius 3 is 2.42 bits per heavy atom. The molecule has 0 aliphatic carbocycles. The highest BCUT2D eigenvalue weighted by atomic mass is 31.2. The van der Waals surface area contributed by atoms with Gasteiger partial charge in [0.15, 0.2) is 0 Å². The topological polar surface area (TPSA) is 115 Å². The monoisotopic (exact) mass is 746 g/mol. The van der Waals surface area contributed by atoms with Gasteiger partial charge < -0.3 is 19.1 Å². The van der Waals surface area contributed by atoms with Gasteiger partial charge >= 0.3 is 5.69 Å². The molecule has 6 atom stereocenters. The smallest absolute Gasteiger partial charge is 0.330 e. The number of unbranched alkanes of at least 4 members (excludes halogenated alkanes) is 4. The van der Waals surface area contributed by atoms with Crippen LogP contribution in [0.2, 0.25) is 12.6 Å². The van der Waals surface area contributed by atoms with Gasteiger partial charge in [0.25, 0.3) is 14.1 Å². The van der Waals surface area contributed by atoms with Crippen molar-refractivity contribution >= 4 is 39.0 Å². The van der Waals surface area contributed by atoms with E-state index in [1.165, 1.54) is 46.1 Å². The SMILES string of the molecule is CCCCCCCNC(=O)/C=C/c1cn([C@H]2C[C@@H](O[P@]3O[C@@H](C[Si](C)(c4ccccc4)c4ccccc4)[C@H]4CCCN43)[C@@H](C(C)C)O2)c(=O)[nH]c1=O. The van der Waals surface area contributed by atoms with E-state index in [0.717, 1.165) is 44.7 Å². The lowest BCUT2D eigenvalue weighted by molar-refractivity contribution is -0.116. The molecule has 4 heterocycles. The molecule has 3 aliphatic heterocycles. The number of rotatable bonds is 16. The fourth-order valence-corrected chi connectivity index (χ4v) is 13.9. The molecule has 3 saturated heterocycles. The van der Waals surface area contributed by atoms with Crippen LogP contribution in [0.25, 0.3) is 6.08 Å². The first-order valence-corrected chi connectivity index (χ1v) is 23.0. The summed E-state index contributed by atoms with van der Waals surface area (Å²) in [6, 6.07) is 23.1. The van der Waals surface area contributed by atoms with E-state index in [9.17, 15) is 14.4 Å². The molecule has 1 aromatic heterocycles. The van der Waals surface area contributed by atoms with Gasteiger partial charge in [0.05, 0.1) is 23.9 Å². The Morgan fingerprint density at radius 1 is 1.06 bits per heavy atom. The second kappa shape index (κ2) is 17.8. The van der Waals surface area contributed by atoms with Crippen molar-refractivity contribution in [2.75, 3.05) is 13.1 Å². The number of carbonyl (C=O) groups is 1. The number of H-pyrrole nitrogens is 1. The molecule has 280 valence electrons. The molecular formula is C40H55N4O6PSi. The van der Waals surface area contributed by atoms with Crippen LogP contribution in [0.5, 0.6) is 0 Å². The number of aromatic nitrogens is 2. The van der Waals surface area contributed by atoms with Crippen LogP contribution in [0.3, 0.4) is 0 Å². The maximum Gasteiger partial charge on any atom is 0.330 e. The van der Waals surface area contributed by atoms with Crippen LogP contribution in [-0.4, -0.2) is 65.6 Å². The molecule has 6 rings (SSSR count).